The summed E-state index contributed by atoms with van der Waals surface area (Å²) in [5, 5.41) is 3.09. The van der Waals surface area contributed by atoms with E-state index in [9.17, 15) is 4.79 Å². The highest BCUT2D eigenvalue weighted by Gasteiger charge is 2.24. The van der Waals surface area contributed by atoms with Gasteiger partial charge >= 0.3 is 0 Å². The van der Waals surface area contributed by atoms with Gasteiger partial charge in [-0.25, -0.2) is 0 Å². The fourth-order valence-electron chi connectivity index (χ4n) is 4.02. The number of benzene rings is 2. The molecule has 0 spiro atoms. The molecule has 31 heavy (non-hydrogen) atoms. The fourth-order valence-corrected chi connectivity index (χ4v) is 4.02. The number of carbonyl (C=O) groups is 1. The minimum atomic E-state index is -0.0309. The molecule has 1 atom stereocenters. The highest BCUT2D eigenvalue weighted by atomic mass is 16.5. The van der Waals surface area contributed by atoms with Gasteiger partial charge in [-0.15, -0.1) is 0 Å². The van der Waals surface area contributed by atoms with Gasteiger partial charge in [0.1, 0.15) is 11.5 Å². The number of methoxy groups -OCH3 is 2. The third-order valence-electron chi connectivity index (χ3n) is 5.95. The van der Waals surface area contributed by atoms with Crippen LogP contribution in [0.5, 0.6) is 11.5 Å². The molecule has 5 nitrogen and oxygen atoms in total. The first-order valence-corrected chi connectivity index (χ1v) is 10.9. The Bertz CT molecular complexity index is 1040. The predicted molar refractivity (Wildman–Crippen MR) is 123 cm³/mol. The number of hydrogen-bond donors (Lipinski definition) is 1. The van der Waals surface area contributed by atoms with E-state index < -0.39 is 0 Å². The zero-order chi connectivity index (χ0) is 21.8. The van der Waals surface area contributed by atoms with Crippen LogP contribution in [0.25, 0.3) is 11.3 Å². The SMILES string of the molecule is CCC(c1ccccc1)n1cc(C(=O)NCC2CC2)cc1-c1cc(OC)ccc1OC. The Morgan fingerprint density at radius 1 is 1.10 bits per heavy atom. The normalized spacial score (nSPS) is 14.2. The summed E-state index contributed by atoms with van der Waals surface area (Å²) in [6, 6.07) is 18.2. The van der Waals surface area contributed by atoms with Crippen LogP contribution in [0, 0.1) is 5.92 Å². The average molecular weight is 419 g/mol. The molecule has 162 valence electrons. The van der Waals surface area contributed by atoms with Gasteiger partial charge in [0.15, 0.2) is 0 Å². The number of ether oxygens (including phenoxy) is 2. The van der Waals surface area contributed by atoms with E-state index in [1.54, 1.807) is 14.2 Å². The minimum absolute atomic E-state index is 0.0309. The summed E-state index contributed by atoms with van der Waals surface area (Å²) in [5.41, 5.74) is 3.70. The molecule has 1 heterocycles. The van der Waals surface area contributed by atoms with E-state index in [1.165, 1.54) is 18.4 Å². The van der Waals surface area contributed by atoms with E-state index in [1.807, 2.05) is 36.5 Å². The van der Waals surface area contributed by atoms with Crippen LogP contribution in [0.1, 0.15) is 48.1 Å². The summed E-state index contributed by atoms with van der Waals surface area (Å²) in [4.78, 5) is 12.9. The Balaban J connectivity index is 1.81. The van der Waals surface area contributed by atoms with E-state index >= 15 is 0 Å². The number of hydrogen-bond acceptors (Lipinski definition) is 3. The van der Waals surface area contributed by atoms with E-state index in [-0.39, 0.29) is 11.9 Å². The molecule has 1 N–H and O–H groups in total. The van der Waals surface area contributed by atoms with Crippen molar-refractivity contribution in [1.29, 1.82) is 0 Å². The summed E-state index contributed by atoms with van der Waals surface area (Å²) in [6.45, 7) is 2.91. The summed E-state index contributed by atoms with van der Waals surface area (Å²) < 4.78 is 13.3. The van der Waals surface area contributed by atoms with Crippen molar-refractivity contribution in [3.05, 3.63) is 71.9 Å². The molecular formula is C26H30N2O3. The summed E-state index contributed by atoms with van der Waals surface area (Å²) in [5.74, 6) is 2.09. The van der Waals surface area contributed by atoms with Crippen molar-refractivity contribution in [1.82, 2.24) is 9.88 Å². The van der Waals surface area contributed by atoms with E-state index in [2.05, 4.69) is 41.1 Å². The molecule has 2 aromatic carbocycles. The fraction of sp³-hybridized carbons (Fsp3) is 0.346. The van der Waals surface area contributed by atoms with Crippen molar-refractivity contribution in [3.8, 4) is 22.8 Å². The van der Waals surface area contributed by atoms with E-state index in [0.29, 0.717) is 11.5 Å². The molecule has 0 aliphatic heterocycles. The lowest BCUT2D eigenvalue weighted by atomic mass is 10.0. The molecule has 1 saturated carbocycles. The molecule has 1 amide bonds. The quantitative estimate of drug-likeness (QED) is 0.512. The molecule has 1 unspecified atom stereocenters. The van der Waals surface area contributed by atoms with Gasteiger partial charge in [-0.2, -0.15) is 0 Å². The molecule has 1 fully saturated rings. The lowest BCUT2D eigenvalue weighted by Crippen LogP contribution is -2.25. The number of amides is 1. The van der Waals surface area contributed by atoms with Crippen LogP contribution in [0.4, 0.5) is 0 Å². The highest BCUT2D eigenvalue weighted by Crippen LogP contribution is 2.38. The highest BCUT2D eigenvalue weighted by molar-refractivity contribution is 5.95. The molecular weight excluding hydrogens is 388 g/mol. The van der Waals surface area contributed by atoms with Crippen molar-refractivity contribution >= 4 is 5.91 Å². The van der Waals surface area contributed by atoms with Gasteiger partial charge in [-0.3, -0.25) is 4.79 Å². The standard InChI is InChI=1S/C26H30N2O3/c1-4-23(19-8-6-5-7-9-19)28-17-20(26(29)27-16-18-10-11-18)14-24(28)22-15-21(30-2)12-13-25(22)31-3/h5-9,12-15,17-18,23H,4,10-11,16H2,1-3H3,(H,27,29). The third kappa shape index (κ3) is 4.61. The second-order valence-electron chi connectivity index (χ2n) is 8.08. The number of nitrogens with zero attached hydrogens (tertiary/aromatic N) is 1. The van der Waals surface area contributed by atoms with Crippen LogP contribution in [0.15, 0.2) is 60.8 Å². The van der Waals surface area contributed by atoms with Crippen molar-refractivity contribution in [3.63, 3.8) is 0 Å². The van der Waals surface area contributed by atoms with Crippen molar-refractivity contribution in [2.24, 2.45) is 5.92 Å². The monoisotopic (exact) mass is 418 g/mol. The van der Waals surface area contributed by atoms with Gasteiger partial charge in [0.2, 0.25) is 0 Å². The number of aromatic nitrogens is 1. The lowest BCUT2D eigenvalue weighted by Gasteiger charge is -2.22. The Labute approximate surface area is 184 Å². The molecule has 0 saturated heterocycles. The maximum absolute atomic E-state index is 12.9. The van der Waals surface area contributed by atoms with Crippen LogP contribution in [0.3, 0.4) is 0 Å². The van der Waals surface area contributed by atoms with Gasteiger partial charge in [0.05, 0.1) is 31.5 Å². The molecule has 4 rings (SSSR count). The third-order valence-corrected chi connectivity index (χ3v) is 5.95. The van der Waals surface area contributed by atoms with Gasteiger partial charge in [-0.1, -0.05) is 37.3 Å². The zero-order valence-corrected chi connectivity index (χ0v) is 18.4. The van der Waals surface area contributed by atoms with Crippen molar-refractivity contribution < 1.29 is 14.3 Å². The van der Waals surface area contributed by atoms with Crippen LogP contribution < -0.4 is 14.8 Å². The topological polar surface area (TPSA) is 52.5 Å². The summed E-state index contributed by atoms with van der Waals surface area (Å²) in [6.07, 6.45) is 5.28. The average Bonchev–Trinajstić information content (AvgIpc) is 3.55. The molecule has 1 aromatic heterocycles. The summed E-state index contributed by atoms with van der Waals surface area (Å²) >= 11 is 0. The number of rotatable bonds is 9. The second-order valence-corrected chi connectivity index (χ2v) is 8.08. The minimum Gasteiger partial charge on any atom is -0.497 e. The first-order valence-electron chi connectivity index (χ1n) is 10.9. The van der Waals surface area contributed by atoms with Crippen LogP contribution in [0.2, 0.25) is 0 Å². The van der Waals surface area contributed by atoms with E-state index in [4.69, 9.17) is 9.47 Å². The largest absolute Gasteiger partial charge is 0.497 e. The molecule has 1 aliphatic rings. The maximum atomic E-state index is 12.9. The van der Waals surface area contributed by atoms with Crippen LogP contribution in [-0.2, 0) is 0 Å². The van der Waals surface area contributed by atoms with Gasteiger partial charge < -0.3 is 19.4 Å². The Kier molecular flexibility index (Phi) is 6.31. The first-order chi connectivity index (χ1) is 15.1. The number of nitrogens with one attached hydrogen (secondary N) is 1. The second kappa shape index (κ2) is 9.29. The van der Waals surface area contributed by atoms with Gasteiger partial charge in [0, 0.05) is 18.3 Å². The molecule has 0 radical (unpaired) electrons. The van der Waals surface area contributed by atoms with Crippen molar-refractivity contribution in [2.45, 2.75) is 32.2 Å². The molecule has 3 aromatic rings. The van der Waals surface area contributed by atoms with Gasteiger partial charge in [-0.05, 0) is 55.0 Å². The molecule has 0 bridgehead atoms. The lowest BCUT2D eigenvalue weighted by molar-refractivity contribution is 0.0951. The zero-order valence-electron chi connectivity index (χ0n) is 18.4. The van der Waals surface area contributed by atoms with Gasteiger partial charge in [0.25, 0.3) is 5.91 Å². The van der Waals surface area contributed by atoms with Crippen LogP contribution >= 0.6 is 0 Å². The van der Waals surface area contributed by atoms with Crippen LogP contribution in [-0.4, -0.2) is 31.2 Å². The number of carbonyl (C=O) groups excluding carboxylic acids is 1. The smallest absolute Gasteiger partial charge is 0.252 e. The summed E-state index contributed by atoms with van der Waals surface area (Å²) in [7, 11) is 3.32. The molecule has 1 aliphatic carbocycles. The molecule has 5 heteroatoms. The first kappa shape index (κ1) is 21.0. The maximum Gasteiger partial charge on any atom is 0.252 e. The Morgan fingerprint density at radius 3 is 2.52 bits per heavy atom. The Morgan fingerprint density at radius 2 is 1.87 bits per heavy atom. The predicted octanol–water partition coefficient (Wildman–Crippen LogP) is 5.31. The van der Waals surface area contributed by atoms with Crippen molar-refractivity contribution in [2.75, 3.05) is 20.8 Å². The van der Waals surface area contributed by atoms with E-state index in [0.717, 1.165) is 35.7 Å². The Hall–Kier alpha value is -3.21.